The fraction of sp³-hybridized carbons (Fsp3) is 0.345. The van der Waals surface area contributed by atoms with Gasteiger partial charge >= 0.3 is 0 Å². The molecule has 194 valence electrons. The predicted octanol–water partition coefficient (Wildman–Crippen LogP) is 6.22. The summed E-state index contributed by atoms with van der Waals surface area (Å²) in [7, 11) is 0. The first kappa shape index (κ1) is 25.0. The standard InChI is InChI=1S/C29H33F2N5O/c1-4-35-12-14-36(15-13-35)22-9-7-21(8-10-22)34-27-18-25(19(2)6-5-11-32-27)37-26-17-24(30)29-23(28(26)31)16-20(3)33-29/h5,7-11,16-19,33H,4,6,12-15H2,1-3H3,(H,32,34)/b11-5+,25-18?. The Morgan fingerprint density at radius 3 is 2.59 bits per heavy atom. The van der Waals surface area contributed by atoms with E-state index in [2.05, 4.69) is 44.1 Å². The monoisotopic (exact) mass is 505 g/mol. The topological polar surface area (TPSA) is 55.9 Å². The van der Waals surface area contributed by atoms with E-state index in [4.69, 9.17) is 4.74 Å². The van der Waals surface area contributed by atoms with Crippen LogP contribution in [0, 0.1) is 24.5 Å². The van der Waals surface area contributed by atoms with Crippen LogP contribution in [0.2, 0.25) is 0 Å². The Hall–Kier alpha value is -3.65. The van der Waals surface area contributed by atoms with E-state index >= 15 is 4.39 Å². The van der Waals surface area contributed by atoms with Gasteiger partial charge in [0.1, 0.15) is 11.6 Å². The third-order valence-corrected chi connectivity index (χ3v) is 7.03. The zero-order valence-corrected chi connectivity index (χ0v) is 21.5. The van der Waals surface area contributed by atoms with Gasteiger partial charge in [-0.3, -0.25) is 0 Å². The highest BCUT2D eigenvalue weighted by molar-refractivity contribution is 6.04. The third kappa shape index (κ3) is 5.54. The maximum atomic E-state index is 15.2. The average Bonchev–Trinajstić information content (AvgIpc) is 3.31. The third-order valence-electron chi connectivity index (χ3n) is 7.03. The van der Waals surface area contributed by atoms with Crippen LogP contribution in [0.3, 0.4) is 0 Å². The smallest absolute Gasteiger partial charge is 0.175 e. The molecule has 2 N–H and O–H groups in total. The Morgan fingerprint density at radius 2 is 1.86 bits per heavy atom. The van der Waals surface area contributed by atoms with E-state index in [1.165, 1.54) is 5.69 Å². The number of benzene rings is 2. The lowest BCUT2D eigenvalue weighted by molar-refractivity contribution is 0.271. The van der Waals surface area contributed by atoms with Gasteiger partial charge in [-0.1, -0.05) is 19.9 Å². The summed E-state index contributed by atoms with van der Waals surface area (Å²) in [4.78, 5) is 12.2. The number of aryl methyl sites for hydroxylation is 1. The molecule has 0 bridgehead atoms. The van der Waals surface area contributed by atoms with Crippen molar-refractivity contribution in [1.29, 1.82) is 0 Å². The summed E-state index contributed by atoms with van der Waals surface area (Å²) in [5.41, 5.74) is 2.90. The second kappa shape index (κ2) is 10.8. The minimum absolute atomic E-state index is 0.0566. The van der Waals surface area contributed by atoms with Crippen LogP contribution in [0.4, 0.5) is 20.2 Å². The van der Waals surface area contributed by atoms with Gasteiger partial charge in [-0.15, -0.1) is 0 Å². The molecule has 1 unspecified atom stereocenters. The number of allylic oxidation sites excluding steroid dienone is 2. The van der Waals surface area contributed by atoms with Crippen LogP contribution in [-0.4, -0.2) is 48.4 Å². The lowest BCUT2D eigenvalue weighted by atomic mass is 10.0. The number of likely N-dealkylation sites (N-methyl/N-ethyl adjacent to an activating group) is 1. The number of ether oxygens (including phenoxy) is 1. The molecule has 0 saturated carbocycles. The minimum Gasteiger partial charge on any atom is -0.458 e. The first-order valence-electron chi connectivity index (χ1n) is 12.8. The number of anilines is 2. The number of aromatic amines is 1. The second-order valence-electron chi connectivity index (χ2n) is 9.69. The number of hydrogen-bond donors (Lipinski definition) is 2. The summed E-state index contributed by atoms with van der Waals surface area (Å²) in [6.07, 6.45) is 6.12. The van der Waals surface area contributed by atoms with E-state index < -0.39 is 11.6 Å². The average molecular weight is 506 g/mol. The van der Waals surface area contributed by atoms with Crippen molar-refractivity contribution in [2.45, 2.75) is 27.2 Å². The largest absolute Gasteiger partial charge is 0.458 e. The highest BCUT2D eigenvalue weighted by Gasteiger charge is 2.20. The fourth-order valence-electron chi connectivity index (χ4n) is 4.79. The lowest BCUT2D eigenvalue weighted by Gasteiger charge is -2.35. The highest BCUT2D eigenvalue weighted by Crippen LogP contribution is 2.32. The molecule has 8 heteroatoms. The SMILES string of the molecule is CCN1CCN(c2ccc(NC3=N/C=C/CC(C)C(Oc4cc(F)c5[nH]c(C)cc5c4F)=C3)cc2)CC1. The number of halogens is 2. The van der Waals surface area contributed by atoms with Crippen molar-refractivity contribution in [3.63, 3.8) is 0 Å². The number of nitrogens with one attached hydrogen (secondary N) is 2. The Balaban J connectivity index is 1.35. The highest BCUT2D eigenvalue weighted by atomic mass is 19.1. The number of rotatable bonds is 5. The van der Waals surface area contributed by atoms with Crippen LogP contribution < -0.4 is 15.0 Å². The van der Waals surface area contributed by atoms with Gasteiger partial charge in [0.05, 0.1) is 5.52 Å². The molecule has 1 fully saturated rings. The lowest BCUT2D eigenvalue weighted by Crippen LogP contribution is -2.46. The summed E-state index contributed by atoms with van der Waals surface area (Å²) in [6.45, 7) is 11.2. The van der Waals surface area contributed by atoms with Crippen molar-refractivity contribution < 1.29 is 13.5 Å². The number of fused-ring (bicyclic) bond motifs is 1. The van der Waals surface area contributed by atoms with Crippen LogP contribution in [-0.2, 0) is 0 Å². The van der Waals surface area contributed by atoms with E-state index in [1.807, 2.05) is 25.1 Å². The maximum absolute atomic E-state index is 15.2. The molecular weight excluding hydrogens is 472 g/mol. The van der Waals surface area contributed by atoms with Crippen molar-refractivity contribution in [2.24, 2.45) is 10.9 Å². The Bertz CT molecular complexity index is 1350. The van der Waals surface area contributed by atoms with Crippen molar-refractivity contribution in [2.75, 3.05) is 42.9 Å². The molecule has 0 spiro atoms. The molecule has 2 aliphatic rings. The van der Waals surface area contributed by atoms with Gasteiger partial charge in [0, 0.05) is 72.9 Å². The van der Waals surface area contributed by atoms with Gasteiger partial charge in [0.2, 0.25) is 0 Å². The van der Waals surface area contributed by atoms with E-state index in [9.17, 15) is 4.39 Å². The number of aliphatic imine (C=N–C) groups is 1. The molecule has 1 atom stereocenters. The van der Waals surface area contributed by atoms with Crippen LogP contribution in [0.25, 0.3) is 10.9 Å². The molecular formula is C29H33F2N5O. The molecule has 0 amide bonds. The van der Waals surface area contributed by atoms with Gasteiger partial charge in [-0.05, 0) is 50.2 Å². The number of aromatic nitrogens is 1. The first-order valence-corrected chi connectivity index (χ1v) is 12.8. The summed E-state index contributed by atoms with van der Waals surface area (Å²) in [5.74, 6) is -0.278. The van der Waals surface area contributed by atoms with Crippen molar-refractivity contribution in [3.8, 4) is 5.75 Å². The van der Waals surface area contributed by atoms with Gasteiger partial charge in [0.15, 0.2) is 17.4 Å². The molecule has 2 aromatic carbocycles. The predicted molar refractivity (Wildman–Crippen MR) is 146 cm³/mol. The van der Waals surface area contributed by atoms with E-state index in [-0.39, 0.29) is 22.6 Å². The quantitative estimate of drug-likeness (QED) is 0.432. The summed E-state index contributed by atoms with van der Waals surface area (Å²) in [5, 5.41) is 3.51. The molecule has 1 saturated heterocycles. The molecule has 5 rings (SSSR count). The second-order valence-corrected chi connectivity index (χ2v) is 9.69. The van der Waals surface area contributed by atoms with E-state index in [1.54, 1.807) is 25.3 Å². The molecule has 37 heavy (non-hydrogen) atoms. The van der Waals surface area contributed by atoms with Crippen molar-refractivity contribution >= 4 is 28.1 Å². The van der Waals surface area contributed by atoms with Crippen molar-refractivity contribution in [3.05, 3.63) is 77.8 Å². The van der Waals surface area contributed by atoms with Crippen LogP contribution in [0.1, 0.15) is 26.0 Å². The molecule has 3 heterocycles. The molecule has 6 nitrogen and oxygen atoms in total. The van der Waals surface area contributed by atoms with Crippen LogP contribution >= 0.6 is 0 Å². The summed E-state index contributed by atoms with van der Waals surface area (Å²) >= 11 is 0. The number of piperazine rings is 1. The van der Waals surface area contributed by atoms with Gasteiger partial charge in [-0.25, -0.2) is 13.8 Å². The van der Waals surface area contributed by atoms with Gasteiger partial charge in [0.25, 0.3) is 0 Å². The Kier molecular flexibility index (Phi) is 7.28. The summed E-state index contributed by atoms with van der Waals surface area (Å²) in [6, 6.07) is 11.0. The molecule has 0 radical (unpaired) electrons. The summed E-state index contributed by atoms with van der Waals surface area (Å²) < 4.78 is 35.8. The number of amidine groups is 1. The van der Waals surface area contributed by atoms with Gasteiger partial charge < -0.3 is 24.8 Å². The van der Waals surface area contributed by atoms with Crippen LogP contribution in [0.5, 0.6) is 5.75 Å². The fourth-order valence-corrected chi connectivity index (χ4v) is 4.79. The van der Waals surface area contributed by atoms with E-state index in [0.717, 1.165) is 44.5 Å². The Labute approximate surface area is 216 Å². The minimum atomic E-state index is -0.590. The molecule has 1 aromatic heterocycles. The normalized spacial score (nSPS) is 19.7. The Morgan fingerprint density at radius 1 is 1.11 bits per heavy atom. The first-order chi connectivity index (χ1) is 17.9. The van der Waals surface area contributed by atoms with E-state index in [0.29, 0.717) is 23.7 Å². The van der Waals surface area contributed by atoms with Gasteiger partial charge in [-0.2, -0.15) is 0 Å². The molecule has 0 aliphatic carbocycles. The molecule has 2 aliphatic heterocycles. The maximum Gasteiger partial charge on any atom is 0.175 e. The van der Waals surface area contributed by atoms with Crippen LogP contribution in [0.15, 0.2) is 65.5 Å². The number of hydrogen-bond acceptors (Lipinski definition) is 5. The zero-order valence-electron chi connectivity index (χ0n) is 21.5. The zero-order chi connectivity index (χ0) is 25.9. The number of H-pyrrole nitrogens is 1. The number of nitrogens with zero attached hydrogens (tertiary/aromatic N) is 3. The van der Waals surface area contributed by atoms with Crippen molar-refractivity contribution in [1.82, 2.24) is 9.88 Å². The molecule has 3 aromatic rings.